The number of amides is 4. The predicted octanol–water partition coefficient (Wildman–Crippen LogP) is 1.06. The average molecular weight is 456 g/mol. The Morgan fingerprint density at radius 2 is 1.38 bits per heavy atom. The quantitative estimate of drug-likeness (QED) is 0.237. The smallest absolute Gasteiger partial charge is 0.243 e. The van der Waals surface area contributed by atoms with Crippen LogP contribution in [0.2, 0.25) is 0 Å². The van der Waals surface area contributed by atoms with Gasteiger partial charge in [-0.05, 0) is 37.1 Å². The van der Waals surface area contributed by atoms with E-state index in [-0.39, 0.29) is 30.2 Å². The molecule has 4 amide bonds. The van der Waals surface area contributed by atoms with Gasteiger partial charge in [-0.3, -0.25) is 19.2 Å². The first-order chi connectivity index (χ1) is 15.0. The first kappa shape index (κ1) is 29.8. The van der Waals surface area contributed by atoms with Crippen molar-refractivity contribution in [3.63, 3.8) is 0 Å². The van der Waals surface area contributed by atoms with Gasteiger partial charge in [0.2, 0.25) is 23.6 Å². The number of nitrogens with two attached hydrogens (primary N) is 1. The lowest BCUT2D eigenvalue weighted by Gasteiger charge is -2.29. The lowest BCUT2D eigenvalue weighted by molar-refractivity contribution is -0.133. The summed E-state index contributed by atoms with van der Waals surface area (Å²) in [7, 11) is 0. The Morgan fingerprint density at radius 1 is 0.812 bits per heavy atom. The van der Waals surface area contributed by atoms with E-state index in [1.807, 2.05) is 48.5 Å². The van der Waals surface area contributed by atoms with Crippen LogP contribution < -0.4 is 27.0 Å². The van der Waals surface area contributed by atoms with E-state index < -0.39 is 35.8 Å². The monoisotopic (exact) mass is 455 g/mol. The summed E-state index contributed by atoms with van der Waals surface area (Å²) in [5, 5.41) is 11.3. The van der Waals surface area contributed by atoms with Crippen molar-refractivity contribution in [1.29, 1.82) is 0 Å². The third-order valence-corrected chi connectivity index (χ3v) is 5.71. The molecule has 0 spiro atoms. The fourth-order valence-electron chi connectivity index (χ4n) is 3.27. The molecule has 9 heteroatoms. The maximum Gasteiger partial charge on any atom is 0.243 e. The van der Waals surface area contributed by atoms with Crippen LogP contribution in [-0.4, -0.2) is 54.8 Å². The molecule has 0 aromatic carbocycles. The Kier molecular flexibility index (Phi) is 14.6. The van der Waals surface area contributed by atoms with Gasteiger partial charge < -0.3 is 27.0 Å². The van der Waals surface area contributed by atoms with Gasteiger partial charge in [-0.25, -0.2) is 0 Å². The normalized spacial score (nSPS) is 15.9. The van der Waals surface area contributed by atoms with Gasteiger partial charge in [-0.2, -0.15) is 0 Å². The van der Waals surface area contributed by atoms with Gasteiger partial charge in [-0.1, -0.05) is 61.3 Å². The van der Waals surface area contributed by atoms with Crippen LogP contribution in [0.15, 0.2) is 0 Å². The molecule has 0 saturated heterocycles. The molecule has 0 aliphatic carbocycles. The Bertz CT molecular complexity index is 611. The lowest BCUT2D eigenvalue weighted by Crippen LogP contribution is -2.57. The van der Waals surface area contributed by atoms with E-state index in [0.29, 0.717) is 19.4 Å². The minimum atomic E-state index is -0.787. The molecule has 9 nitrogen and oxygen atoms in total. The topological polar surface area (TPSA) is 142 Å². The maximum atomic E-state index is 13.0. The summed E-state index contributed by atoms with van der Waals surface area (Å²) < 4.78 is 0. The minimum absolute atomic E-state index is 0.111. The predicted molar refractivity (Wildman–Crippen MR) is 127 cm³/mol. The molecule has 0 radical (unpaired) electrons. The van der Waals surface area contributed by atoms with E-state index in [9.17, 15) is 19.2 Å². The van der Waals surface area contributed by atoms with E-state index in [0.717, 1.165) is 12.8 Å². The number of hydrogen-bond acceptors (Lipinski definition) is 5. The molecular weight excluding hydrogens is 410 g/mol. The van der Waals surface area contributed by atoms with E-state index in [1.165, 1.54) is 0 Å². The molecule has 32 heavy (non-hydrogen) atoms. The average Bonchev–Trinajstić information content (AvgIpc) is 2.74. The first-order valence-corrected chi connectivity index (χ1v) is 11.9. The number of hydrogen-bond donors (Lipinski definition) is 5. The highest BCUT2D eigenvalue weighted by Crippen LogP contribution is 2.12. The molecule has 0 aromatic rings. The molecule has 0 rings (SSSR count). The second kappa shape index (κ2) is 15.6. The molecule has 5 atom stereocenters. The van der Waals surface area contributed by atoms with Crippen molar-refractivity contribution < 1.29 is 19.2 Å². The van der Waals surface area contributed by atoms with Crippen molar-refractivity contribution >= 4 is 23.6 Å². The maximum absolute atomic E-state index is 13.0. The summed E-state index contributed by atoms with van der Waals surface area (Å²) in [6.45, 7) is 14.1. The van der Waals surface area contributed by atoms with Gasteiger partial charge in [0.1, 0.15) is 12.1 Å². The third-order valence-electron chi connectivity index (χ3n) is 5.71. The fourth-order valence-corrected chi connectivity index (χ4v) is 3.27. The Morgan fingerprint density at radius 3 is 1.84 bits per heavy atom. The second-order valence-corrected chi connectivity index (χ2v) is 9.06. The molecule has 0 saturated carbocycles. The number of nitrogens with one attached hydrogen (secondary N) is 4. The van der Waals surface area contributed by atoms with Gasteiger partial charge in [0.25, 0.3) is 0 Å². The summed E-state index contributed by atoms with van der Waals surface area (Å²) >= 11 is 0. The molecule has 0 aromatic heterocycles. The largest absolute Gasteiger partial charge is 0.368 e. The highest BCUT2D eigenvalue weighted by atomic mass is 16.2. The molecule has 186 valence electrons. The van der Waals surface area contributed by atoms with Crippen LogP contribution in [0.1, 0.15) is 74.1 Å². The van der Waals surface area contributed by atoms with Crippen LogP contribution in [0.3, 0.4) is 0 Å². The third kappa shape index (κ3) is 10.9. The van der Waals surface area contributed by atoms with Gasteiger partial charge in [-0.15, -0.1) is 0 Å². The lowest BCUT2D eigenvalue weighted by atomic mass is 9.95. The molecule has 0 aliphatic heterocycles. The number of carbonyl (C=O) groups is 4. The van der Waals surface area contributed by atoms with Gasteiger partial charge in [0.05, 0.1) is 12.6 Å². The summed E-state index contributed by atoms with van der Waals surface area (Å²) in [5.41, 5.74) is 5.35. The number of rotatable bonds is 16. The molecule has 0 unspecified atom stereocenters. The minimum Gasteiger partial charge on any atom is -0.368 e. The van der Waals surface area contributed by atoms with Gasteiger partial charge in [0.15, 0.2) is 0 Å². The zero-order chi connectivity index (χ0) is 24.8. The first-order valence-electron chi connectivity index (χ1n) is 11.9. The molecule has 6 N–H and O–H groups in total. The Balaban J connectivity index is 5.13. The molecule has 0 heterocycles. The second-order valence-electron chi connectivity index (χ2n) is 9.06. The molecule has 0 aliphatic rings. The SMILES string of the molecule is CCCN[C@H](C(=O)N[C@H](C(=O)NCC(=O)N[C@@H](CC(C)C)C(N)=O)[C@@H](C)CC)[C@@H](C)CC. The van der Waals surface area contributed by atoms with Gasteiger partial charge >= 0.3 is 0 Å². The van der Waals surface area contributed by atoms with Crippen molar-refractivity contribution in [2.24, 2.45) is 23.5 Å². The van der Waals surface area contributed by atoms with Crippen LogP contribution in [0.5, 0.6) is 0 Å². The van der Waals surface area contributed by atoms with E-state index in [2.05, 4.69) is 21.3 Å². The van der Waals surface area contributed by atoms with Crippen LogP contribution in [0.25, 0.3) is 0 Å². The van der Waals surface area contributed by atoms with Crippen LogP contribution in [0.4, 0.5) is 0 Å². The van der Waals surface area contributed by atoms with Crippen molar-refractivity contribution in [2.45, 2.75) is 92.3 Å². The van der Waals surface area contributed by atoms with Crippen molar-refractivity contribution in [1.82, 2.24) is 21.3 Å². The van der Waals surface area contributed by atoms with E-state index in [1.54, 1.807) is 0 Å². The zero-order valence-electron chi connectivity index (χ0n) is 20.9. The molecule has 0 bridgehead atoms. The Hall–Kier alpha value is -2.16. The zero-order valence-corrected chi connectivity index (χ0v) is 20.9. The van der Waals surface area contributed by atoms with E-state index in [4.69, 9.17) is 5.73 Å². The standard InChI is InChI=1S/C23H45N5O4/c1-8-11-25-19(15(6)9-2)23(32)28-20(16(7)10-3)22(31)26-13-18(29)27-17(21(24)30)12-14(4)5/h14-17,19-20,25H,8-13H2,1-7H3,(H2,24,30)(H,26,31)(H,27,29)(H,28,32)/t15-,16-,17-,19-,20-/m0/s1. The van der Waals surface area contributed by atoms with Crippen LogP contribution in [-0.2, 0) is 19.2 Å². The highest BCUT2D eigenvalue weighted by Gasteiger charge is 2.31. The van der Waals surface area contributed by atoms with E-state index >= 15 is 0 Å². The highest BCUT2D eigenvalue weighted by molar-refractivity contribution is 5.93. The van der Waals surface area contributed by atoms with Crippen molar-refractivity contribution in [2.75, 3.05) is 13.1 Å². The van der Waals surface area contributed by atoms with Crippen molar-refractivity contribution in [3.05, 3.63) is 0 Å². The molecular formula is C23H45N5O4. The molecule has 0 fully saturated rings. The number of primary amides is 1. The summed E-state index contributed by atoms with van der Waals surface area (Å²) in [5.74, 6) is -1.60. The van der Waals surface area contributed by atoms with Gasteiger partial charge in [0, 0.05) is 0 Å². The van der Waals surface area contributed by atoms with Crippen LogP contribution in [0, 0.1) is 17.8 Å². The summed E-state index contributed by atoms with van der Waals surface area (Å²) in [6.07, 6.45) is 2.82. The Labute approximate surface area is 193 Å². The summed E-state index contributed by atoms with van der Waals surface area (Å²) in [6, 6.07) is -1.95. The van der Waals surface area contributed by atoms with Crippen molar-refractivity contribution in [3.8, 4) is 0 Å². The number of carbonyl (C=O) groups excluding carboxylic acids is 4. The summed E-state index contributed by atoms with van der Waals surface area (Å²) in [4.78, 5) is 49.6. The fraction of sp³-hybridized carbons (Fsp3) is 0.826. The van der Waals surface area contributed by atoms with Crippen LogP contribution >= 0.6 is 0 Å².